The van der Waals surface area contributed by atoms with Gasteiger partial charge in [-0.1, -0.05) is 27.8 Å². The van der Waals surface area contributed by atoms with E-state index in [1.54, 1.807) is 6.20 Å². The molecule has 12 heavy (non-hydrogen) atoms. The van der Waals surface area contributed by atoms with Crippen LogP contribution in [0.5, 0.6) is 0 Å². The second-order valence-corrected chi connectivity index (χ2v) is 2.84. The minimum atomic E-state index is -0.346. The third kappa shape index (κ3) is 2.89. The molecule has 0 aromatic carbocycles. The Balaban J connectivity index is 2.72. The summed E-state index contributed by atoms with van der Waals surface area (Å²) in [7, 11) is 0. The van der Waals surface area contributed by atoms with Gasteiger partial charge in [-0.25, -0.2) is 9.78 Å². The standard InChI is InChI=1S/C8H7BrN2O/c9-4-2-1-3-7-5-10-8(12)11-6-7/h5-6H,2,4H2,(H,10,11,12). The number of H-pyrrole nitrogens is 1. The molecule has 0 aliphatic rings. The molecule has 0 spiro atoms. The Morgan fingerprint density at radius 2 is 2.50 bits per heavy atom. The van der Waals surface area contributed by atoms with Gasteiger partial charge in [-0.3, -0.25) is 0 Å². The van der Waals surface area contributed by atoms with Gasteiger partial charge in [0.1, 0.15) is 0 Å². The average Bonchev–Trinajstić information content (AvgIpc) is 2.09. The summed E-state index contributed by atoms with van der Waals surface area (Å²) < 4.78 is 0. The average molecular weight is 227 g/mol. The summed E-state index contributed by atoms with van der Waals surface area (Å²) >= 11 is 3.26. The van der Waals surface area contributed by atoms with Crippen LogP contribution in [-0.2, 0) is 0 Å². The Morgan fingerprint density at radius 3 is 3.08 bits per heavy atom. The van der Waals surface area contributed by atoms with Crippen LogP contribution in [0.25, 0.3) is 0 Å². The molecule has 0 amide bonds. The lowest BCUT2D eigenvalue weighted by atomic mass is 10.3. The van der Waals surface area contributed by atoms with E-state index in [1.165, 1.54) is 6.20 Å². The molecule has 0 bridgehead atoms. The highest BCUT2D eigenvalue weighted by molar-refractivity contribution is 9.09. The van der Waals surface area contributed by atoms with Gasteiger partial charge in [0.15, 0.2) is 0 Å². The molecular formula is C8H7BrN2O. The number of aromatic amines is 1. The largest absolute Gasteiger partial charge is 0.344 e. The maximum Gasteiger partial charge on any atom is 0.344 e. The van der Waals surface area contributed by atoms with Crippen LogP contribution >= 0.6 is 15.9 Å². The van der Waals surface area contributed by atoms with Gasteiger partial charge in [-0.2, -0.15) is 0 Å². The zero-order chi connectivity index (χ0) is 8.81. The molecule has 0 aliphatic heterocycles. The second-order valence-electron chi connectivity index (χ2n) is 2.05. The van der Waals surface area contributed by atoms with Gasteiger partial charge >= 0.3 is 5.69 Å². The summed E-state index contributed by atoms with van der Waals surface area (Å²) in [5.41, 5.74) is 0.386. The lowest BCUT2D eigenvalue weighted by Gasteiger charge is -1.85. The molecule has 1 heterocycles. The van der Waals surface area contributed by atoms with Gasteiger partial charge < -0.3 is 4.98 Å². The molecule has 0 aliphatic carbocycles. The van der Waals surface area contributed by atoms with Crippen molar-refractivity contribution in [1.82, 2.24) is 9.97 Å². The van der Waals surface area contributed by atoms with Crippen LogP contribution in [0, 0.1) is 11.8 Å². The molecule has 0 unspecified atom stereocenters. The zero-order valence-electron chi connectivity index (χ0n) is 6.30. The van der Waals surface area contributed by atoms with Gasteiger partial charge in [0, 0.05) is 24.1 Å². The molecule has 0 atom stereocenters. The van der Waals surface area contributed by atoms with Crippen LogP contribution in [0.4, 0.5) is 0 Å². The van der Waals surface area contributed by atoms with Crippen molar-refractivity contribution < 1.29 is 0 Å². The van der Waals surface area contributed by atoms with Crippen molar-refractivity contribution in [3.05, 3.63) is 28.4 Å². The number of alkyl halides is 1. The third-order valence-electron chi connectivity index (χ3n) is 1.12. The van der Waals surface area contributed by atoms with Crippen LogP contribution in [-0.4, -0.2) is 15.3 Å². The Morgan fingerprint density at radius 1 is 1.67 bits per heavy atom. The molecule has 0 saturated heterocycles. The van der Waals surface area contributed by atoms with E-state index in [2.05, 4.69) is 37.7 Å². The van der Waals surface area contributed by atoms with E-state index < -0.39 is 0 Å². The maximum atomic E-state index is 10.5. The number of halogens is 1. The Labute approximate surface area is 78.4 Å². The highest BCUT2D eigenvalue weighted by Crippen LogP contribution is 1.88. The molecule has 0 fully saturated rings. The van der Waals surface area contributed by atoms with E-state index >= 15 is 0 Å². The van der Waals surface area contributed by atoms with Gasteiger partial charge in [-0.15, -0.1) is 0 Å². The number of nitrogens with zero attached hydrogens (tertiary/aromatic N) is 1. The fraction of sp³-hybridized carbons (Fsp3) is 0.250. The Kier molecular flexibility index (Phi) is 3.55. The lowest BCUT2D eigenvalue weighted by Crippen LogP contribution is -2.07. The quantitative estimate of drug-likeness (QED) is 0.572. The summed E-state index contributed by atoms with van der Waals surface area (Å²) in [6, 6.07) is 0. The Bertz CT molecular complexity index is 341. The van der Waals surface area contributed by atoms with E-state index in [0.29, 0.717) is 0 Å². The fourth-order valence-electron chi connectivity index (χ4n) is 0.622. The molecule has 1 N–H and O–H groups in total. The highest BCUT2D eigenvalue weighted by atomic mass is 79.9. The Hall–Kier alpha value is -1.08. The van der Waals surface area contributed by atoms with Crippen molar-refractivity contribution in [2.24, 2.45) is 0 Å². The van der Waals surface area contributed by atoms with Crippen LogP contribution in [0.3, 0.4) is 0 Å². The number of hydrogen-bond acceptors (Lipinski definition) is 2. The summed E-state index contributed by atoms with van der Waals surface area (Å²) in [5, 5.41) is 0.858. The van der Waals surface area contributed by atoms with Gasteiger partial charge in [0.05, 0.1) is 5.56 Å². The first-order chi connectivity index (χ1) is 5.83. The van der Waals surface area contributed by atoms with Crippen LogP contribution in [0.2, 0.25) is 0 Å². The zero-order valence-corrected chi connectivity index (χ0v) is 7.89. The van der Waals surface area contributed by atoms with Crippen molar-refractivity contribution in [2.75, 3.05) is 5.33 Å². The van der Waals surface area contributed by atoms with Crippen molar-refractivity contribution in [3.8, 4) is 11.8 Å². The van der Waals surface area contributed by atoms with E-state index in [1.807, 2.05) is 0 Å². The van der Waals surface area contributed by atoms with Crippen molar-refractivity contribution in [2.45, 2.75) is 6.42 Å². The van der Waals surface area contributed by atoms with Crippen molar-refractivity contribution in [1.29, 1.82) is 0 Å². The van der Waals surface area contributed by atoms with E-state index in [4.69, 9.17) is 0 Å². The molecule has 1 aromatic rings. The van der Waals surface area contributed by atoms with E-state index in [9.17, 15) is 4.79 Å². The number of aromatic nitrogens is 2. The summed E-state index contributed by atoms with van der Waals surface area (Å²) in [6.45, 7) is 0. The molecule has 0 saturated carbocycles. The molecule has 1 rings (SSSR count). The van der Waals surface area contributed by atoms with Gasteiger partial charge in [0.25, 0.3) is 0 Å². The van der Waals surface area contributed by atoms with Crippen LogP contribution < -0.4 is 5.69 Å². The van der Waals surface area contributed by atoms with Gasteiger partial charge in [-0.05, 0) is 0 Å². The summed E-state index contributed by atoms with van der Waals surface area (Å²) in [5.74, 6) is 5.77. The minimum Gasteiger partial charge on any atom is -0.311 e. The predicted molar refractivity (Wildman–Crippen MR) is 50.1 cm³/mol. The maximum absolute atomic E-state index is 10.5. The predicted octanol–water partition coefficient (Wildman–Crippen LogP) is 0.906. The summed E-state index contributed by atoms with van der Waals surface area (Å²) in [6.07, 6.45) is 3.80. The highest BCUT2D eigenvalue weighted by Gasteiger charge is 1.85. The van der Waals surface area contributed by atoms with Gasteiger partial charge in [0.2, 0.25) is 0 Å². The van der Waals surface area contributed by atoms with Crippen LogP contribution in [0.1, 0.15) is 12.0 Å². The first-order valence-electron chi connectivity index (χ1n) is 3.42. The van der Waals surface area contributed by atoms with E-state index in [0.717, 1.165) is 17.3 Å². The molecule has 1 aromatic heterocycles. The minimum absolute atomic E-state index is 0.346. The fourth-order valence-corrected chi connectivity index (χ4v) is 0.821. The van der Waals surface area contributed by atoms with Crippen molar-refractivity contribution >= 4 is 15.9 Å². The molecule has 3 nitrogen and oxygen atoms in total. The van der Waals surface area contributed by atoms with Crippen LogP contribution in [0.15, 0.2) is 17.2 Å². The molecular weight excluding hydrogens is 220 g/mol. The van der Waals surface area contributed by atoms with Crippen molar-refractivity contribution in [3.63, 3.8) is 0 Å². The molecule has 4 heteroatoms. The first-order valence-corrected chi connectivity index (χ1v) is 4.54. The summed E-state index contributed by atoms with van der Waals surface area (Å²) in [4.78, 5) is 16.5. The SMILES string of the molecule is O=c1ncc(C#CCCBr)c[nH]1. The first kappa shape index (κ1) is 9.01. The monoisotopic (exact) mass is 226 g/mol. The molecule has 62 valence electrons. The normalized spacial score (nSPS) is 8.75. The smallest absolute Gasteiger partial charge is 0.311 e. The second kappa shape index (κ2) is 4.73. The number of hydrogen-bond donors (Lipinski definition) is 1. The number of rotatable bonds is 1. The number of nitrogens with one attached hydrogen (secondary N) is 1. The lowest BCUT2D eigenvalue weighted by molar-refractivity contribution is 1.07. The third-order valence-corrected chi connectivity index (χ3v) is 1.52. The van der Waals surface area contributed by atoms with E-state index in [-0.39, 0.29) is 5.69 Å². The topological polar surface area (TPSA) is 45.8 Å². The molecule has 0 radical (unpaired) electrons.